The van der Waals surface area contributed by atoms with Crippen molar-refractivity contribution < 1.29 is 19.1 Å². The van der Waals surface area contributed by atoms with Gasteiger partial charge in [-0.25, -0.2) is 0 Å². The number of aromatic nitrogens is 1. The van der Waals surface area contributed by atoms with Crippen molar-refractivity contribution in [1.29, 1.82) is 0 Å². The van der Waals surface area contributed by atoms with E-state index in [1.807, 2.05) is 6.07 Å². The summed E-state index contributed by atoms with van der Waals surface area (Å²) in [4.78, 5) is 25.3. The van der Waals surface area contributed by atoms with Crippen LogP contribution in [-0.4, -0.2) is 81.1 Å². The number of likely N-dealkylation sites (tertiary alicyclic amines) is 1. The van der Waals surface area contributed by atoms with E-state index in [4.69, 9.17) is 9.47 Å². The molecule has 7 heteroatoms. The summed E-state index contributed by atoms with van der Waals surface area (Å²) in [6.07, 6.45) is 4.62. The fourth-order valence-electron chi connectivity index (χ4n) is 3.27. The Labute approximate surface area is 173 Å². The molecule has 1 aromatic heterocycles. The number of aryl methyl sites for hydroxylation is 1. The van der Waals surface area contributed by atoms with Gasteiger partial charge in [0.1, 0.15) is 12.0 Å². The predicted molar refractivity (Wildman–Crippen MR) is 114 cm³/mol. The predicted octanol–water partition coefficient (Wildman–Crippen LogP) is 1.97. The van der Waals surface area contributed by atoms with Gasteiger partial charge in [-0.15, -0.1) is 0 Å². The van der Waals surface area contributed by atoms with Gasteiger partial charge in [0.05, 0.1) is 25.7 Å². The number of nitrogens with zero attached hydrogens (tertiary/aromatic N) is 3. The van der Waals surface area contributed by atoms with E-state index in [1.54, 1.807) is 19.1 Å². The Morgan fingerprint density at radius 1 is 1.28 bits per heavy atom. The summed E-state index contributed by atoms with van der Waals surface area (Å²) < 4.78 is 12.2. The summed E-state index contributed by atoms with van der Waals surface area (Å²) in [7, 11) is 9.57. The Balaban J connectivity index is 0.000000221. The minimum absolute atomic E-state index is 0.0662. The second kappa shape index (κ2) is 11.0. The molecule has 1 aliphatic rings. The fraction of sp³-hybridized carbons (Fsp3) is 0.545. The summed E-state index contributed by atoms with van der Waals surface area (Å²) in [5.41, 5.74) is 2.64. The van der Waals surface area contributed by atoms with Crippen molar-refractivity contribution in [2.45, 2.75) is 12.8 Å². The largest absolute Gasteiger partial charge is 0.497 e. The molecule has 0 bridgehead atoms. The molecule has 2 heterocycles. The van der Waals surface area contributed by atoms with Crippen molar-refractivity contribution in [3.8, 4) is 5.75 Å². The molecule has 160 valence electrons. The van der Waals surface area contributed by atoms with Crippen molar-refractivity contribution in [3.63, 3.8) is 0 Å². The highest BCUT2D eigenvalue weighted by Crippen LogP contribution is 2.25. The lowest BCUT2D eigenvalue weighted by atomic mass is 10.0. The molecule has 1 amide bonds. The van der Waals surface area contributed by atoms with Gasteiger partial charge < -0.3 is 28.6 Å². The summed E-state index contributed by atoms with van der Waals surface area (Å²) in [6.45, 7) is 2.71. The third-order valence-corrected chi connectivity index (χ3v) is 5.08. The van der Waals surface area contributed by atoms with Gasteiger partial charge in [-0.1, -0.05) is 0 Å². The van der Waals surface area contributed by atoms with Gasteiger partial charge >= 0.3 is 0 Å². The van der Waals surface area contributed by atoms with Crippen molar-refractivity contribution >= 4 is 23.1 Å². The SMILES string of the molecule is COCCC(=O)N1CC(C=O)C1.COc1ccc2c(CCN(C)C)cn(C)c2c1. The number of rotatable bonds is 8. The van der Waals surface area contributed by atoms with Crippen LogP contribution < -0.4 is 4.74 Å². The number of likely N-dealkylation sites (N-methyl/N-ethyl adjacent to an activating group) is 1. The van der Waals surface area contributed by atoms with Crippen molar-refractivity contribution in [3.05, 3.63) is 30.0 Å². The minimum atomic E-state index is 0.0662. The minimum Gasteiger partial charge on any atom is -0.497 e. The third kappa shape index (κ3) is 6.30. The first-order chi connectivity index (χ1) is 13.9. The van der Waals surface area contributed by atoms with E-state index in [1.165, 1.54) is 16.5 Å². The van der Waals surface area contributed by atoms with Gasteiger partial charge in [0.15, 0.2) is 0 Å². The van der Waals surface area contributed by atoms with Crippen molar-refractivity contribution in [2.75, 3.05) is 54.6 Å². The number of amides is 1. The smallest absolute Gasteiger partial charge is 0.224 e. The molecule has 29 heavy (non-hydrogen) atoms. The number of methoxy groups -OCH3 is 2. The topological polar surface area (TPSA) is 64.0 Å². The molecule has 0 spiro atoms. The van der Waals surface area contributed by atoms with Gasteiger partial charge in [-0.2, -0.15) is 0 Å². The van der Waals surface area contributed by atoms with Crippen molar-refractivity contribution in [2.24, 2.45) is 13.0 Å². The van der Waals surface area contributed by atoms with Crippen LogP contribution in [0.3, 0.4) is 0 Å². The van der Waals surface area contributed by atoms with E-state index in [-0.39, 0.29) is 11.8 Å². The summed E-state index contributed by atoms with van der Waals surface area (Å²) in [6, 6.07) is 6.27. The number of ether oxygens (including phenoxy) is 2. The molecule has 0 atom stereocenters. The molecule has 0 aliphatic carbocycles. The third-order valence-electron chi connectivity index (χ3n) is 5.08. The van der Waals surface area contributed by atoms with E-state index >= 15 is 0 Å². The van der Waals surface area contributed by atoms with Crippen LogP contribution in [0.5, 0.6) is 5.75 Å². The zero-order valence-electron chi connectivity index (χ0n) is 18.2. The van der Waals surface area contributed by atoms with E-state index in [0.717, 1.165) is 25.0 Å². The quantitative estimate of drug-likeness (QED) is 0.631. The van der Waals surface area contributed by atoms with E-state index in [2.05, 4.69) is 48.9 Å². The molecular weight excluding hydrogens is 370 g/mol. The average molecular weight is 404 g/mol. The number of fused-ring (bicyclic) bond motifs is 1. The van der Waals surface area contributed by atoms with Crippen molar-refractivity contribution in [1.82, 2.24) is 14.4 Å². The molecule has 1 aromatic carbocycles. The number of benzene rings is 1. The molecule has 3 rings (SSSR count). The Morgan fingerprint density at radius 3 is 2.59 bits per heavy atom. The maximum atomic E-state index is 11.2. The van der Waals surface area contributed by atoms with Crippen LogP contribution in [0, 0.1) is 5.92 Å². The maximum Gasteiger partial charge on any atom is 0.224 e. The monoisotopic (exact) mass is 403 g/mol. The molecule has 0 radical (unpaired) electrons. The van der Waals surface area contributed by atoms with Crippen LogP contribution in [0.1, 0.15) is 12.0 Å². The van der Waals surface area contributed by atoms with Gasteiger partial charge in [0, 0.05) is 57.4 Å². The highest BCUT2D eigenvalue weighted by atomic mass is 16.5. The number of hydrogen-bond donors (Lipinski definition) is 0. The van der Waals surface area contributed by atoms with Gasteiger partial charge in [-0.3, -0.25) is 4.79 Å². The Morgan fingerprint density at radius 2 is 2.00 bits per heavy atom. The van der Waals surface area contributed by atoms with E-state index in [0.29, 0.717) is 26.1 Å². The standard InChI is InChI=1S/C14H20N2O.C8H13NO3/c1-15(2)8-7-11-10-16(3)14-9-12(17-4)5-6-13(11)14;1-12-3-2-8(11)9-4-7(5-9)6-10/h5-6,9-10H,7-8H2,1-4H3;6-7H,2-5H2,1H3. The van der Waals surface area contributed by atoms with Crippen LogP contribution >= 0.6 is 0 Å². The first kappa shape index (κ1) is 22.9. The van der Waals surface area contributed by atoms with Crippen LogP contribution in [0.25, 0.3) is 10.9 Å². The molecule has 2 aromatic rings. The van der Waals surface area contributed by atoms with E-state index in [9.17, 15) is 9.59 Å². The second-order valence-electron chi connectivity index (χ2n) is 7.64. The fourth-order valence-corrected chi connectivity index (χ4v) is 3.27. The second-order valence-corrected chi connectivity index (χ2v) is 7.64. The van der Waals surface area contributed by atoms with E-state index < -0.39 is 0 Å². The van der Waals surface area contributed by atoms with Crippen LogP contribution in [-0.2, 0) is 27.8 Å². The molecule has 1 saturated heterocycles. The lowest BCUT2D eigenvalue weighted by molar-refractivity contribution is -0.140. The molecule has 7 nitrogen and oxygen atoms in total. The normalized spacial score (nSPS) is 13.8. The van der Waals surface area contributed by atoms with Gasteiger partial charge in [0.2, 0.25) is 5.91 Å². The number of carbonyl (C=O) groups is 2. The maximum absolute atomic E-state index is 11.2. The molecule has 1 aliphatic heterocycles. The van der Waals surface area contributed by atoms with Crippen LogP contribution in [0.15, 0.2) is 24.4 Å². The highest BCUT2D eigenvalue weighted by molar-refractivity contribution is 5.85. The first-order valence-electron chi connectivity index (χ1n) is 9.88. The number of hydrogen-bond acceptors (Lipinski definition) is 5. The molecule has 0 N–H and O–H groups in total. The Hall–Kier alpha value is -2.38. The summed E-state index contributed by atoms with van der Waals surface area (Å²) in [5, 5.41) is 1.33. The summed E-state index contributed by atoms with van der Waals surface area (Å²) >= 11 is 0. The lowest BCUT2D eigenvalue weighted by Crippen LogP contribution is -2.50. The molecule has 0 saturated carbocycles. The summed E-state index contributed by atoms with van der Waals surface area (Å²) in [5.74, 6) is 1.06. The molecular formula is C22H33N3O4. The zero-order chi connectivity index (χ0) is 21.4. The van der Waals surface area contributed by atoms with Gasteiger partial charge in [-0.05, 0) is 38.2 Å². The molecule has 0 unspecified atom stereocenters. The average Bonchev–Trinajstić information content (AvgIpc) is 2.99. The van der Waals surface area contributed by atoms with Crippen LogP contribution in [0.4, 0.5) is 0 Å². The van der Waals surface area contributed by atoms with Crippen LogP contribution in [0.2, 0.25) is 0 Å². The first-order valence-corrected chi connectivity index (χ1v) is 9.88. The molecule has 1 fully saturated rings. The number of aldehydes is 1. The van der Waals surface area contributed by atoms with Gasteiger partial charge in [0.25, 0.3) is 0 Å². The Kier molecular flexibility index (Phi) is 8.67. The Bertz CT molecular complexity index is 810. The number of carbonyl (C=O) groups excluding carboxylic acids is 2. The zero-order valence-corrected chi connectivity index (χ0v) is 18.2. The lowest BCUT2D eigenvalue weighted by Gasteiger charge is -2.36. The highest BCUT2D eigenvalue weighted by Gasteiger charge is 2.29.